The van der Waals surface area contributed by atoms with Gasteiger partial charge in [-0.3, -0.25) is 19.2 Å². The molecule has 9 heteroatoms. The van der Waals surface area contributed by atoms with Crippen LogP contribution in [0.3, 0.4) is 0 Å². The van der Waals surface area contributed by atoms with Gasteiger partial charge in [-0.05, 0) is 30.3 Å². The van der Waals surface area contributed by atoms with E-state index in [-0.39, 0.29) is 0 Å². The highest BCUT2D eigenvalue weighted by atomic mass is 16.7. The summed E-state index contributed by atoms with van der Waals surface area (Å²) in [6.07, 6.45) is 0.997. The Bertz CT molecular complexity index is 907. The van der Waals surface area contributed by atoms with E-state index in [1.807, 2.05) is 0 Å². The van der Waals surface area contributed by atoms with Crippen LogP contribution in [-0.2, 0) is 33.4 Å². The summed E-state index contributed by atoms with van der Waals surface area (Å²) in [6.45, 7) is 2.31. The zero-order chi connectivity index (χ0) is 20.9. The second kappa shape index (κ2) is 6.70. The van der Waals surface area contributed by atoms with Crippen LogP contribution in [0.1, 0.15) is 13.8 Å². The largest absolute Gasteiger partial charge is 0.497 e. The van der Waals surface area contributed by atoms with Gasteiger partial charge in [0.1, 0.15) is 5.75 Å². The fourth-order valence-electron chi connectivity index (χ4n) is 4.20. The Kier molecular flexibility index (Phi) is 4.42. The summed E-state index contributed by atoms with van der Waals surface area (Å²) in [4.78, 5) is 50.6. The molecule has 2 saturated heterocycles. The molecule has 2 fully saturated rings. The Morgan fingerprint density at radius 1 is 1.07 bits per heavy atom. The molecule has 0 unspecified atom stereocenters. The zero-order valence-corrected chi connectivity index (χ0v) is 16.0. The average molecular weight is 401 g/mol. The third kappa shape index (κ3) is 2.80. The molecule has 2 bridgehead atoms. The Balaban J connectivity index is 1.72. The minimum absolute atomic E-state index is 0.390. The Morgan fingerprint density at radius 2 is 1.69 bits per heavy atom. The number of carbonyl (C=O) groups excluding carboxylic acids is 4. The molecule has 0 aromatic heterocycles. The van der Waals surface area contributed by atoms with Gasteiger partial charge < -0.3 is 18.9 Å². The fourth-order valence-corrected chi connectivity index (χ4v) is 4.20. The molecule has 0 N–H and O–H groups in total. The van der Waals surface area contributed by atoms with E-state index in [9.17, 15) is 19.2 Å². The van der Waals surface area contributed by atoms with Crippen molar-refractivity contribution < 1.29 is 38.1 Å². The summed E-state index contributed by atoms with van der Waals surface area (Å²) < 4.78 is 21.4. The van der Waals surface area contributed by atoms with Gasteiger partial charge in [-0.25, -0.2) is 4.90 Å². The van der Waals surface area contributed by atoms with Crippen molar-refractivity contribution in [2.45, 2.75) is 31.8 Å². The summed E-state index contributed by atoms with van der Waals surface area (Å²) in [7, 11) is 1.51. The molecule has 9 nitrogen and oxygen atoms in total. The van der Waals surface area contributed by atoms with E-state index in [0.717, 1.165) is 18.7 Å². The molecule has 0 radical (unpaired) electrons. The van der Waals surface area contributed by atoms with Crippen LogP contribution in [0, 0.1) is 11.8 Å². The molecule has 1 aromatic rings. The SMILES string of the molecule is COc1ccc(N2C(=O)[C@@H]3[C@@H](C2=O)[C@@]2(C(OC(C)=O)OC(C)=O)C=C[C@H]3O2)cc1. The van der Waals surface area contributed by atoms with Gasteiger partial charge in [0.25, 0.3) is 6.29 Å². The summed E-state index contributed by atoms with van der Waals surface area (Å²) >= 11 is 0. The highest BCUT2D eigenvalue weighted by Crippen LogP contribution is 2.54. The summed E-state index contributed by atoms with van der Waals surface area (Å²) in [6, 6.07) is 6.50. The number of hydrogen-bond donors (Lipinski definition) is 0. The van der Waals surface area contributed by atoms with Crippen LogP contribution in [0.15, 0.2) is 36.4 Å². The minimum atomic E-state index is -1.55. The van der Waals surface area contributed by atoms with Gasteiger partial charge in [0.15, 0.2) is 5.60 Å². The highest BCUT2D eigenvalue weighted by Gasteiger charge is 2.72. The third-order valence-corrected chi connectivity index (χ3v) is 5.32. The molecule has 1 aromatic carbocycles. The zero-order valence-electron chi connectivity index (χ0n) is 16.0. The smallest absolute Gasteiger partial charge is 0.305 e. The molecular formula is C20H19NO8. The van der Waals surface area contributed by atoms with Crippen molar-refractivity contribution in [2.75, 3.05) is 12.0 Å². The molecule has 29 heavy (non-hydrogen) atoms. The van der Waals surface area contributed by atoms with Gasteiger partial charge in [0.05, 0.1) is 30.7 Å². The number of amides is 2. The van der Waals surface area contributed by atoms with Crippen molar-refractivity contribution in [3.63, 3.8) is 0 Å². The quantitative estimate of drug-likeness (QED) is 0.311. The standard InChI is InChI=1S/C20H19NO8/c1-10(22)27-19(28-11(2)23)20-9-8-14(29-20)15-16(20)18(25)21(17(15)24)12-4-6-13(26-3)7-5-12/h4-9,14-16,19H,1-3H3/t14-,15+,16+,20-/m1/s1. The number of carbonyl (C=O) groups is 4. The first-order chi connectivity index (χ1) is 13.8. The lowest BCUT2D eigenvalue weighted by atomic mass is 9.76. The van der Waals surface area contributed by atoms with E-state index < -0.39 is 53.6 Å². The monoisotopic (exact) mass is 401 g/mol. The van der Waals surface area contributed by atoms with E-state index in [4.69, 9.17) is 18.9 Å². The van der Waals surface area contributed by atoms with E-state index in [1.54, 1.807) is 30.3 Å². The molecule has 2 amide bonds. The van der Waals surface area contributed by atoms with Gasteiger partial charge in [-0.2, -0.15) is 0 Å². The lowest BCUT2D eigenvalue weighted by molar-refractivity contribution is -0.226. The first kappa shape index (κ1) is 19.1. The summed E-state index contributed by atoms with van der Waals surface area (Å²) in [5.74, 6) is -3.57. The lowest BCUT2D eigenvalue weighted by Crippen LogP contribution is -2.52. The molecule has 0 spiro atoms. The molecule has 3 aliphatic heterocycles. The average Bonchev–Trinajstić information content (AvgIpc) is 3.32. The van der Waals surface area contributed by atoms with Crippen LogP contribution < -0.4 is 9.64 Å². The maximum Gasteiger partial charge on any atom is 0.305 e. The number of benzene rings is 1. The van der Waals surface area contributed by atoms with Gasteiger partial charge in [0.2, 0.25) is 11.8 Å². The fraction of sp³-hybridized carbons (Fsp3) is 0.400. The molecule has 152 valence electrons. The number of ether oxygens (including phenoxy) is 4. The number of imide groups is 1. The number of methoxy groups -OCH3 is 1. The minimum Gasteiger partial charge on any atom is -0.497 e. The van der Waals surface area contributed by atoms with Gasteiger partial charge >= 0.3 is 11.9 Å². The molecule has 3 heterocycles. The van der Waals surface area contributed by atoms with Gasteiger partial charge in [0, 0.05) is 13.8 Å². The van der Waals surface area contributed by atoms with Crippen molar-refractivity contribution in [1.29, 1.82) is 0 Å². The van der Waals surface area contributed by atoms with Crippen LogP contribution in [0.2, 0.25) is 0 Å². The topological polar surface area (TPSA) is 108 Å². The van der Waals surface area contributed by atoms with Gasteiger partial charge in [-0.1, -0.05) is 6.08 Å². The number of anilines is 1. The van der Waals surface area contributed by atoms with Crippen LogP contribution in [0.4, 0.5) is 5.69 Å². The lowest BCUT2D eigenvalue weighted by Gasteiger charge is -2.34. The van der Waals surface area contributed by atoms with Crippen LogP contribution >= 0.6 is 0 Å². The van der Waals surface area contributed by atoms with Crippen molar-refractivity contribution >= 4 is 29.4 Å². The van der Waals surface area contributed by atoms with E-state index in [0.29, 0.717) is 11.4 Å². The summed E-state index contributed by atoms with van der Waals surface area (Å²) in [5.41, 5.74) is -1.16. The van der Waals surface area contributed by atoms with Crippen LogP contribution in [0.5, 0.6) is 5.75 Å². The number of esters is 2. The van der Waals surface area contributed by atoms with E-state index in [2.05, 4.69) is 0 Å². The molecule has 3 aliphatic rings. The van der Waals surface area contributed by atoms with Crippen molar-refractivity contribution in [2.24, 2.45) is 11.8 Å². The van der Waals surface area contributed by atoms with E-state index >= 15 is 0 Å². The predicted molar refractivity (Wildman–Crippen MR) is 96.5 cm³/mol. The molecule has 0 aliphatic carbocycles. The second-order valence-electron chi connectivity index (χ2n) is 7.06. The number of fused-ring (bicyclic) bond motifs is 5. The number of nitrogens with zero attached hydrogens (tertiary/aromatic N) is 1. The Morgan fingerprint density at radius 3 is 2.24 bits per heavy atom. The highest BCUT2D eigenvalue weighted by molar-refractivity contribution is 6.23. The predicted octanol–water partition coefficient (Wildman–Crippen LogP) is 0.960. The normalized spacial score (nSPS) is 29.4. The first-order valence-electron chi connectivity index (χ1n) is 9.02. The van der Waals surface area contributed by atoms with E-state index in [1.165, 1.54) is 13.2 Å². The number of hydrogen-bond acceptors (Lipinski definition) is 8. The summed E-state index contributed by atoms with van der Waals surface area (Å²) in [5, 5.41) is 0. The van der Waals surface area contributed by atoms with Crippen LogP contribution in [0.25, 0.3) is 0 Å². The maximum atomic E-state index is 13.3. The third-order valence-electron chi connectivity index (χ3n) is 5.32. The number of rotatable bonds is 5. The first-order valence-corrected chi connectivity index (χ1v) is 9.02. The molecule has 4 atom stereocenters. The van der Waals surface area contributed by atoms with Crippen molar-refractivity contribution in [3.05, 3.63) is 36.4 Å². The molecule has 4 rings (SSSR count). The van der Waals surface area contributed by atoms with Crippen molar-refractivity contribution in [3.8, 4) is 5.75 Å². The van der Waals surface area contributed by atoms with Crippen LogP contribution in [-0.4, -0.2) is 48.9 Å². The molecule has 0 saturated carbocycles. The molecular weight excluding hydrogens is 382 g/mol. The van der Waals surface area contributed by atoms with Gasteiger partial charge in [-0.15, -0.1) is 0 Å². The maximum absolute atomic E-state index is 13.3. The Labute approximate surface area is 166 Å². The second-order valence-corrected chi connectivity index (χ2v) is 7.06. The Hall–Kier alpha value is -3.20. The van der Waals surface area contributed by atoms with Crippen molar-refractivity contribution in [1.82, 2.24) is 0 Å².